The molecule has 0 aromatic rings. The third-order valence-corrected chi connectivity index (χ3v) is 2.74. The van der Waals surface area contributed by atoms with Gasteiger partial charge in [-0.05, 0) is 6.04 Å². The summed E-state index contributed by atoms with van der Waals surface area (Å²) < 4.78 is 0. The fraction of sp³-hybridized carbons (Fsp3) is 0.857. The van der Waals surface area contributed by atoms with Crippen LogP contribution in [-0.2, 0) is 0 Å². The van der Waals surface area contributed by atoms with Crippen LogP contribution >= 0.6 is 0 Å². The van der Waals surface area contributed by atoms with E-state index in [0.717, 1.165) is 19.3 Å². The average Bonchev–Trinajstić information content (AvgIpc) is 2.44. The molecule has 2 rings (SSSR count). The Balaban J connectivity index is 2.08. The van der Waals surface area contributed by atoms with E-state index in [9.17, 15) is 10.1 Å². The first-order valence-corrected chi connectivity index (χ1v) is 3.77. The van der Waals surface area contributed by atoms with Crippen LogP contribution in [0.25, 0.3) is 0 Å². The van der Waals surface area contributed by atoms with Crippen molar-refractivity contribution in [3.63, 3.8) is 0 Å². The zero-order valence-electron chi connectivity index (χ0n) is 5.75. The van der Waals surface area contributed by atoms with Crippen LogP contribution in [0.5, 0.6) is 0 Å². The van der Waals surface area contributed by atoms with Crippen LogP contribution < -0.4 is 0 Å². The molecule has 0 aliphatic heterocycles. The summed E-state index contributed by atoms with van der Waals surface area (Å²) >= 11 is 0. The minimum absolute atomic E-state index is 0.163. The molecule has 0 spiro atoms. The summed E-state index contributed by atoms with van der Waals surface area (Å²) in [5.74, 6) is 1.00. The second kappa shape index (κ2) is 1.87. The molecule has 3 nitrogen and oxygen atoms in total. The highest BCUT2D eigenvalue weighted by molar-refractivity contribution is 5.01. The molecule has 2 unspecified atom stereocenters. The van der Waals surface area contributed by atoms with Gasteiger partial charge in [0.25, 0.3) is 0 Å². The van der Waals surface area contributed by atoms with Gasteiger partial charge < -0.3 is 0 Å². The van der Waals surface area contributed by atoms with E-state index in [1.807, 2.05) is 0 Å². The van der Waals surface area contributed by atoms with E-state index in [2.05, 4.69) is 0 Å². The predicted molar refractivity (Wildman–Crippen MR) is 35.7 cm³/mol. The van der Waals surface area contributed by atoms with Crippen LogP contribution in [0.2, 0.25) is 0 Å². The predicted octanol–water partition coefficient (Wildman–Crippen LogP) is 1.62. The summed E-state index contributed by atoms with van der Waals surface area (Å²) in [5, 5.41) is 10.4. The molecule has 0 saturated heterocycles. The molecule has 0 amide bonds. The highest BCUT2D eigenvalue weighted by Gasteiger charge is 2.35. The van der Waals surface area contributed by atoms with Gasteiger partial charge >= 0.3 is 0 Å². The van der Waals surface area contributed by atoms with Gasteiger partial charge in [0.15, 0.2) is 0 Å². The van der Waals surface area contributed by atoms with E-state index in [1.165, 1.54) is 6.42 Å². The maximum atomic E-state index is 10.4. The Bertz CT molecular complexity index is 169. The van der Waals surface area contributed by atoms with Crippen molar-refractivity contribution in [2.75, 3.05) is 0 Å². The molecule has 10 heavy (non-hydrogen) atoms. The molecule has 56 valence electrons. The van der Waals surface area contributed by atoms with Gasteiger partial charge in [0.2, 0.25) is 0 Å². The van der Waals surface area contributed by atoms with Crippen molar-refractivity contribution < 1.29 is 4.92 Å². The zero-order chi connectivity index (χ0) is 7.14. The summed E-state index contributed by atoms with van der Waals surface area (Å²) in [4.78, 5) is 10.2. The monoisotopic (exact) mass is 140 g/mol. The zero-order valence-corrected chi connectivity index (χ0v) is 5.75. The second-order valence-corrected chi connectivity index (χ2v) is 3.33. The molecule has 2 aliphatic rings. The molecule has 2 atom stereocenters. The summed E-state index contributed by atoms with van der Waals surface area (Å²) in [5.41, 5.74) is 0. The number of nitro groups is 1. The van der Waals surface area contributed by atoms with Crippen molar-refractivity contribution >= 4 is 0 Å². The fourth-order valence-electron chi connectivity index (χ4n) is 2.25. The quantitative estimate of drug-likeness (QED) is 0.315. The molecule has 0 aromatic heterocycles. The van der Waals surface area contributed by atoms with Gasteiger partial charge in [-0.25, -0.2) is 0 Å². The summed E-state index contributed by atoms with van der Waals surface area (Å²) in [7, 11) is 0. The minimum Gasteiger partial charge on any atom is -0.295 e. The number of hydrogen-bond acceptors (Lipinski definition) is 2. The van der Waals surface area contributed by atoms with Gasteiger partial charge in [0.1, 0.15) is 0 Å². The van der Waals surface area contributed by atoms with Crippen molar-refractivity contribution in [3.05, 3.63) is 16.2 Å². The first-order chi connectivity index (χ1) is 4.77. The summed E-state index contributed by atoms with van der Waals surface area (Å²) in [6, 6.07) is 0.608. The van der Waals surface area contributed by atoms with E-state index in [-0.39, 0.29) is 4.92 Å². The van der Waals surface area contributed by atoms with Gasteiger partial charge in [0, 0.05) is 0 Å². The van der Waals surface area contributed by atoms with Crippen molar-refractivity contribution in [1.82, 2.24) is 0 Å². The SMILES string of the molecule is O=[N+]([O-])[C-]1CC2CCC1C2. The molecule has 2 fully saturated rings. The molecule has 2 aliphatic carbocycles. The fourth-order valence-corrected chi connectivity index (χ4v) is 2.25. The molecule has 3 heteroatoms. The van der Waals surface area contributed by atoms with Crippen molar-refractivity contribution in [1.29, 1.82) is 0 Å². The van der Waals surface area contributed by atoms with Crippen LogP contribution in [0, 0.1) is 28.0 Å². The highest BCUT2D eigenvalue weighted by atomic mass is 16.6. The third-order valence-electron chi connectivity index (χ3n) is 2.74. The molecule has 0 heterocycles. The number of hydrogen-bond donors (Lipinski definition) is 0. The van der Waals surface area contributed by atoms with Crippen LogP contribution in [0.3, 0.4) is 0 Å². The lowest BCUT2D eigenvalue weighted by molar-refractivity contribution is -0.475. The Labute approximate surface area is 59.6 Å². The van der Waals surface area contributed by atoms with Gasteiger partial charge in [-0.15, -0.1) is 4.92 Å². The molecular weight excluding hydrogens is 130 g/mol. The lowest BCUT2D eigenvalue weighted by Gasteiger charge is -2.25. The summed E-state index contributed by atoms with van der Waals surface area (Å²) in [6.45, 7) is 0. The summed E-state index contributed by atoms with van der Waals surface area (Å²) in [6.07, 6.45) is 4.16. The van der Waals surface area contributed by atoms with Crippen LogP contribution in [0.15, 0.2) is 0 Å². The van der Waals surface area contributed by atoms with E-state index in [4.69, 9.17) is 0 Å². The van der Waals surface area contributed by atoms with Gasteiger partial charge in [-0.1, -0.05) is 37.5 Å². The number of rotatable bonds is 1. The highest BCUT2D eigenvalue weighted by Crippen LogP contribution is 2.49. The Morgan fingerprint density at radius 1 is 1.50 bits per heavy atom. The van der Waals surface area contributed by atoms with Crippen molar-refractivity contribution in [2.24, 2.45) is 11.8 Å². The molecule has 0 aromatic carbocycles. The molecular formula is C7H10NO2-. The topological polar surface area (TPSA) is 43.1 Å². The lowest BCUT2D eigenvalue weighted by atomic mass is 9.96. The van der Waals surface area contributed by atoms with Gasteiger partial charge in [0.05, 0.1) is 0 Å². The lowest BCUT2D eigenvalue weighted by Crippen LogP contribution is -2.16. The Kier molecular flexibility index (Phi) is 1.13. The van der Waals surface area contributed by atoms with Crippen LogP contribution in [0.1, 0.15) is 25.7 Å². The molecule has 2 saturated carbocycles. The first-order valence-electron chi connectivity index (χ1n) is 3.77. The van der Waals surface area contributed by atoms with E-state index >= 15 is 0 Å². The van der Waals surface area contributed by atoms with E-state index in [0.29, 0.717) is 17.9 Å². The number of nitrogens with zero attached hydrogens (tertiary/aromatic N) is 1. The van der Waals surface area contributed by atoms with E-state index < -0.39 is 0 Å². The molecule has 2 bridgehead atoms. The first kappa shape index (κ1) is 6.01. The second-order valence-electron chi connectivity index (χ2n) is 3.33. The third kappa shape index (κ3) is 0.696. The Morgan fingerprint density at radius 3 is 2.60 bits per heavy atom. The standard InChI is InChI=1S/C7H10NO2/c9-8(10)7-4-5-1-2-6(7)3-5/h5-6H,1-4H2/q-1. The van der Waals surface area contributed by atoms with Crippen LogP contribution in [0.4, 0.5) is 0 Å². The Hall–Kier alpha value is -0.730. The molecule has 0 N–H and O–H groups in total. The van der Waals surface area contributed by atoms with Crippen molar-refractivity contribution in [3.8, 4) is 0 Å². The normalized spacial score (nSPS) is 37.0. The maximum absolute atomic E-state index is 10.4. The van der Waals surface area contributed by atoms with Gasteiger partial charge in [-0.2, -0.15) is 0 Å². The largest absolute Gasteiger partial charge is 0.295 e. The Morgan fingerprint density at radius 2 is 2.30 bits per heavy atom. The van der Waals surface area contributed by atoms with Crippen LogP contribution in [-0.4, -0.2) is 4.92 Å². The molecule has 0 radical (unpaired) electrons. The van der Waals surface area contributed by atoms with Gasteiger partial charge in [-0.3, -0.25) is 10.1 Å². The smallest absolute Gasteiger partial charge is 0.0426 e. The maximum Gasteiger partial charge on any atom is -0.0426 e. The van der Waals surface area contributed by atoms with E-state index in [1.54, 1.807) is 0 Å². The average molecular weight is 140 g/mol. The van der Waals surface area contributed by atoms with Crippen molar-refractivity contribution in [2.45, 2.75) is 25.7 Å². The number of fused-ring (bicyclic) bond motifs is 2. The minimum atomic E-state index is -0.163.